The highest BCUT2D eigenvalue weighted by Crippen LogP contribution is 2.14. The Morgan fingerprint density at radius 3 is 2.65 bits per heavy atom. The molecule has 1 aromatic heterocycles. The fourth-order valence-electron chi connectivity index (χ4n) is 2.33. The quantitative estimate of drug-likeness (QED) is 0.610. The van der Waals surface area contributed by atoms with Crippen molar-refractivity contribution in [2.75, 3.05) is 19.6 Å². The number of hydrogen-bond acceptors (Lipinski definition) is 2. The Kier molecular flexibility index (Phi) is 7.11. The highest BCUT2D eigenvalue weighted by atomic mass is 15.2. The first-order valence-corrected chi connectivity index (χ1v) is 8.25. The van der Waals surface area contributed by atoms with Crippen LogP contribution in [0, 0.1) is 0 Å². The van der Waals surface area contributed by atoms with Gasteiger partial charge in [0.15, 0.2) is 5.96 Å². The van der Waals surface area contributed by atoms with Crippen LogP contribution in [0.2, 0.25) is 0 Å². The van der Waals surface area contributed by atoms with Crippen LogP contribution in [0.5, 0.6) is 0 Å². The van der Waals surface area contributed by atoms with Crippen LogP contribution in [0.15, 0.2) is 59.9 Å². The highest BCUT2D eigenvalue weighted by Gasteiger charge is 2.05. The van der Waals surface area contributed by atoms with E-state index in [1.165, 1.54) is 11.1 Å². The monoisotopic (exact) mass is 310 g/mol. The third kappa shape index (κ3) is 6.10. The van der Waals surface area contributed by atoms with Gasteiger partial charge in [0.05, 0.1) is 0 Å². The predicted molar refractivity (Wildman–Crippen MR) is 96.8 cm³/mol. The molecule has 1 heterocycles. The highest BCUT2D eigenvalue weighted by molar-refractivity contribution is 5.79. The predicted octanol–water partition coefficient (Wildman–Crippen LogP) is 2.98. The maximum Gasteiger partial charge on any atom is 0.191 e. The molecule has 2 rings (SSSR count). The summed E-state index contributed by atoms with van der Waals surface area (Å²) in [6, 6.07) is 14.6. The van der Waals surface area contributed by atoms with E-state index in [1.807, 2.05) is 18.3 Å². The van der Waals surface area contributed by atoms with Gasteiger partial charge < -0.3 is 10.6 Å². The standard InChI is InChI=1S/C19H26N4/c1-3-21-19(22-13-11-17-8-7-12-20-15-17)23-14-16(2)18-9-5-4-6-10-18/h4-10,12,15-16H,3,11,13-14H2,1-2H3,(H2,21,22,23). The number of aliphatic imine (C=N–C) groups is 1. The molecule has 0 aliphatic heterocycles. The van der Waals surface area contributed by atoms with Crippen molar-refractivity contribution in [2.45, 2.75) is 26.2 Å². The minimum atomic E-state index is 0.407. The zero-order valence-corrected chi connectivity index (χ0v) is 14.0. The molecule has 1 atom stereocenters. The first-order chi connectivity index (χ1) is 11.3. The van der Waals surface area contributed by atoms with E-state index in [0.29, 0.717) is 5.92 Å². The summed E-state index contributed by atoms with van der Waals surface area (Å²) in [5.74, 6) is 1.28. The molecule has 4 nitrogen and oxygen atoms in total. The van der Waals surface area contributed by atoms with Crippen LogP contribution in [0.25, 0.3) is 0 Å². The van der Waals surface area contributed by atoms with E-state index in [-0.39, 0.29) is 0 Å². The molecule has 23 heavy (non-hydrogen) atoms. The zero-order chi connectivity index (χ0) is 16.3. The molecule has 0 bridgehead atoms. The van der Waals surface area contributed by atoms with E-state index in [4.69, 9.17) is 4.99 Å². The maximum atomic E-state index is 4.70. The number of hydrogen-bond donors (Lipinski definition) is 2. The van der Waals surface area contributed by atoms with Gasteiger partial charge in [0.2, 0.25) is 0 Å². The van der Waals surface area contributed by atoms with Crippen LogP contribution < -0.4 is 10.6 Å². The summed E-state index contributed by atoms with van der Waals surface area (Å²) in [6.07, 6.45) is 4.64. The summed E-state index contributed by atoms with van der Waals surface area (Å²) in [5, 5.41) is 6.69. The maximum absolute atomic E-state index is 4.70. The molecule has 0 saturated carbocycles. The number of rotatable bonds is 7. The Morgan fingerprint density at radius 2 is 1.96 bits per heavy atom. The second kappa shape index (κ2) is 9.62. The van der Waals surface area contributed by atoms with Crippen molar-refractivity contribution in [3.05, 3.63) is 66.0 Å². The second-order valence-electron chi connectivity index (χ2n) is 5.57. The van der Waals surface area contributed by atoms with E-state index in [0.717, 1.165) is 32.0 Å². The molecule has 1 unspecified atom stereocenters. The lowest BCUT2D eigenvalue weighted by atomic mass is 10.0. The molecular formula is C19H26N4. The van der Waals surface area contributed by atoms with Gasteiger partial charge in [-0.05, 0) is 30.5 Å². The summed E-state index contributed by atoms with van der Waals surface area (Å²) in [5.41, 5.74) is 2.55. The van der Waals surface area contributed by atoms with Crippen LogP contribution in [-0.4, -0.2) is 30.6 Å². The van der Waals surface area contributed by atoms with Gasteiger partial charge in [0.1, 0.15) is 0 Å². The van der Waals surface area contributed by atoms with Gasteiger partial charge in [0.25, 0.3) is 0 Å². The molecule has 0 amide bonds. The van der Waals surface area contributed by atoms with Crippen molar-refractivity contribution in [2.24, 2.45) is 4.99 Å². The molecule has 122 valence electrons. The molecule has 0 aliphatic rings. The minimum absolute atomic E-state index is 0.407. The first kappa shape index (κ1) is 17.0. The summed E-state index contributed by atoms with van der Waals surface area (Å²) >= 11 is 0. The summed E-state index contributed by atoms with van der Waals surface area (Å²) in [6.45, 7) is 6.76. The molecule has 4 heteroatoms. The minimum Gasteiger partial charge on any atom is -0.357 e. The van der Waals surface area contributed by atoms with Gasteiger partial charge in [-0.15, -0.1) is 0 Å². The van der Waals surface area contributed by atoms with Gasteiger partial charge in [-0.2, -0.15) is 0 Å². The van der Waals surface area contributed by atoms with Gasteiger partial charge in [-0.25, -0.2) is 0 Å². The van der Waals surface area contributed by atoms with E-state index < -0.39 is 0 Å². The number of benzene rings is 1. The van der Waals surface area contributed by atoms with Crippen LogP contribution >= 0.6 is 0 Å². The fourth-order valence-corrected chi connectivity index (χ4v) is 2.33. The molecule has 1 aromatic carbocycles. The lowest BCUT2D eigenvalue weighted by molar-refractivity contribution is 0.745. The number of nitrogens with zero attached hydrogens (tertiary/aromatic N) is 2. The van der Waals surface area contributed by atoms with Crippen molar-refractivity contribution < 1.29 is 0 Å². The zero-order valence-electron chi connectivity index (χ0n) is 14.0. The number of guanidine groups is 1. The number of pyridine rings is 1. The van der Waals surface area contributed by atoms with Crippen molar-refractivity contribution in [1.82, 2.24) is 15.6 Å². The molecule has 0 spiro atoms. The second-order valence-corrected chi connectivity index (χ2v) is 5.57. The Balaban J connectivity index is 1.84. The van der Waals surface area contributed by atoms with Crippen LogP contribution in [0.3, 0.4) is 0 Å². The summed E-state index contributed by atoms with van der Waals surface area (Å²) in [7, 11) is 0. The molecule has 2 aromatic rings. The Labute approximate surface area is 139 Å². The summed E-state index contributed by atoms with van der Waals surface area (Å²) < 4.78 is 0. The van der Waals surface area contributed by atoms with E-state index in [1.54, 1.807) is 6.20 Å². The molecule has 0 aliphatic carbocycles. The molecule has 0 fully saturated rings. The Bertz CT molecular complexity index is 581. The van der Waals surface area contributed by atoms with Gasteiger partial charge in [-0.1, -0.05) is 43.3 Å². The van der Waals surface area contributed by atoms with Crippen molar-refractivity contribution in [3.63, 3.8) is 0 Å². The van der Waals surface area contributed by atoms with E-state index in [2.05, 4.69) is 59.8 Å². The average Bonchev–Trinajstić information content (AvgIpc) is 2.61. The van der Waals surface area contributed by atoms with Crippen LogP contribution in [-0.2, 0) is 6.42 Å². The lowest BCUT2D eigenvalue weighted by Gasteiger charge is -2.13. The summed E-state index contributed by atoms with van der Waals surface area (Å²) in [4.78, 5) is 8.84. The first-order valence-electron chi connectivity index (χ1n) is 8.25. The SMILES string of the molecule is CCNC(=NCC(C)c1ccccc1)NCCc1cccnc1. The molecule has 0 saturated heterocycles. The largest absolute Gasteiger partial charge is 0.357 e. The van der Waals surface area contributed by atoms with E-state index in [9.17, 15) is 0 Å². The fraction of sp³-hybridized carbons (Fsp3) is 0.368. The van der Waals surface area contributed by atoms with Gasteiger partial charge in [-0.3, -0.25) is 9.98 Å². The number of nitrogens with one attached hydrogen (secondary N) is 2. The van der Waals surface area contributed by atoms with Crippen molar-refractivity contribution >= 4 is 5.96 Å². The van der Waals surface area contributed by atoms with Gasteiger partial charge >= 0.3 is 0 Å². The third-order valence-corrected chi connectivity index (χ3v) is 3.67. The van der Waals surface area contributed by atoms with Gasteiger partial charge in [0, 0.05) is 37.9 Å². The molecule has 0 radical (unpaired) electrons. The molecular weight excluding hydrogens is 284 g/mol. The average molecular weight is 310 g/mol. The van der Waals surface area contributed by atoms with Crippen molar-refractivity contribution in [3.8, 4) is 0 Å². The van der Waals surface area contributed by atoms with Crippen molar-refractivity contribution in [1.29, 1.82) is 0 Å². The lowest BCUT2D eigenvalue weighted by Crippen LogP contribution is -2.38. The number of aromatic nitrogens is 1. The third-order valence-electron chi connectivity index (χ3n) is 3.67. The van der Waals surface area contributed by atoms with Crippen LogP contribution in [0.4, 0.5) is 0 Å². The van der Waals surface area contributed by atoms with E-state index >= 15 is 0 Å². The van der Waals surface area contributed by atoms with Crippen LogP contribution in [0.1, 0.15) is 30.9 Å². The smallest absolute Gasteiger partial charge is 0.191 e. The molecule has 2 N–H and O–H groups in total. The topological polar surface area (TPSA) is 49.3 Å². The normalized spacial score (nSPS) is 12.7. The Morgan fingerprint density at radius 1 is 1.13 bits per heavy atom. The Hall–Kier alpha value is -2.36.